The van der Waals surface area contributed by atoms with E-state index in [-0.39, 0.29) is 12.1 Å². The summed E-state index contributed by atoms with van der Waals surface area (Å²) in [5.41, 5.74) is 4.41. The molecule has 2 aromatic carbocycles. The van der Waals surface area contributed by atoms with Gasteiger partial charge in [-0.15, -0.1) is 5.10 Å². The van der Waals surface area contributed by atoms with Gasteiger partial charge in [-0.1, -0.05) is 67.1 Å². The number of ether oxygens (including phenoxy) is 2. The van der Waals surface area contributed by atoms with E-state index in [2.05, 4.69) is 43.4 Å². The Hall–Kier alpha value is -3.26. The maximum absolute atomic E-state index is 13.2. The molecule has 0 bridgehead atoms. The number of rotatable bonds is 10. The molecular formula is C28H34N4O3S. The van der Waals surface area contributed by atoms with Gasteiger partial charge in [-0.05, 0) is 57.4 Å². The predicted molar refractivity (Wildman–Crippen MR) is 143 cm³/mol. The summed E-state index contributed by atoms with van der Waals surface area (Å²) >= 11 is 1.62. The molecule has 8 heteroatoms. The van der Waals surface area contributed by atoms with Crippen LogP contribution in [0.1, 0.15) is 63.3 Å². The molecule has 3 aromatic rings. The molecule has 0 spiro atoms. The van der Waals surface area contributed by atoms with E-state index in [0.29, 0.717) is 29.0 Å². The fourth-order valence-corrected chi connectivity index (χ4v) is 4.89. The number of thioether (sulfide) groups is 1. The molecule has 0 saturated carbocycles. The van der Waals surface area contributed by atoms with Gasteiger partial charge in [-0.3, -0.25) is 0 Å². The number of unbranched alkanes of at least 4 members (excludes halogenated alkanes) is 1. The summed E-state index contributed by atoms with van der Waals surface area (Å²) in [4.78, 5) is 17.9. The number of aryl methyl sites for hydroxylation is 1. The maximum Gasteiger partial charge on any atom is 0.338 e. The first kappa shape index (κ1) is 25.8. The third kappa shape index (κ3) is 6.10. The van der Waals surface area contributed by atoms with Crippen molar-refractivity contribution < 1.29 is 14.3 Å². The van der Waals surface area contributed by atoms with E-state index in [1.807, 2.05) is 45.0 Å². The average molecular weight is 507 g/mol. The quantitative estimate of drug-likeness (QED) is 0.196. The third-order valence-corrected chi connectivity index (χ3v) is 6.75. The molecule has 0 saturated heterocycles. The number of carbonyl (C=O) groups is 1. The summed E-state index contributed by atoms with van der Waals surface area (Å²) in [5.74, 6) is 1.91. The van der Waals surface area contributed by atoms with Crippen molar-refractivity contribution in [3.8, 4) is 5.75 Å². The Morgan fingerprint density at radius 3 is 2.67 bits per heavy atom. The minimum Gasteiger partial charge on any atom is -0.489 e. The van der Waals surface area contributed by atoms with E-state index in [0.717, 1.165) is 35.5 Å². The molecule has 2 heterocycles. The van der Waals surface area contributed by atoms with Gasteiger partial charge in [-0.2, -0.15) is 4.98 Å². The fourth-order valence-electron chi connectivity index (χ4n) is 3.98. The number of hydrogen-bond acceptors (Lipinski definition) is 7. The van der Waals surface area contributed by atoms with Crippen LogP contribution in [0, 0.1) is 6.92 Å². The molecule has 7 nitrogen and oxygen atoms in total. The lowest BCUT2D eigenvalue weighted by Gasteiger charge is -2.28. The zero-order valence-corrected chi connectivity index (χ0v) is 22.4. The van der Waals surface area contributed by atoms with E-state index in [9.17, 15) is 4.79 Å². The second-order valence-corrected chi connectivity index (χ2v) is 10.3. The zero-order valence-electron chi connectivity index (χ0n) is 21.6. The summed E-state index contributed by atoms with van der Waals surface area (Å²) in [7, 11) is 0. The lowest BCUT2D eigenvalue weighted by atomic mass is 9.95. The molecule has 0 fully saturated rings. The van der Waals surface area contributed by atoms with Crippen LogP contribution in [0.2, 0.25) is 0 Å². The number of anilines is 1. The topological polar surface area (TPSA) is 78.3 Å². The van der Waals surface area contributed by atoms with E-state index < -0.39 is 6.04 Å². The summed E-state index contributed by atoms with van der Waals surface area (Å²) in [5, 5.41) is 8.73. The Morgan fingerprint density at radius 2 is 1.94 bits per heavy atom. The predicted octanol–water partition coefficient (Wildman–Crippen LogP) is 6.30. The number of esters is 1. The molecule has 0 radical (unpaired) electrons. The maximum atomic E-state index is 13.2. The monoisotopic (exact) mass is 506 g/mol. The van der Waals surface area contributed by atoms with Crippen LogP contribution in [0.3, 0.4) is 0 Å². The van der Waals surface area contributed by atoms with E-state index in [1.165, 1.54) is 5.56 Å². The van der Waals surface area contributed by atoms with Gasteiger partial charge >= 0.3 is 5.97 Å². The number of benzene rings is 2. The van der Waals surface area contributed by atoms with Crippen LogP contribution in [0.5, 0.6) is 5.75 Å². The Labute approximate surface area is 217 Å². The van der Waals surface area contributed by atoms with Crippen LogP contribution >= 0.6 is 11.8 Å². The van der Waals surface area contributed by atoms with Crippen molar-refractivity contribution in [3.63, 3.8) is 0 Å². The number of carbonyl (C=O) groups excluding carboxylic acids is 1. The van der Waals surface area contributed by atoms with Crippen molar-refractivity contribution in [1.82, 2.24) is 14.8 Å². The fraction of sp³-hybridized carbons (Fsp3) is 0.393. The third-order valence-electron chi connectivity index (χ3n) is 5.82. The smallest absolute Gasteiger partial charge is 0.338 e. The first-order valence-electron chi connectivity index (χ1n) is 12.4. The Balaban J connectivity index is 1.67. The number of nitrogens with one attached hydrogen (secondary N) is 1. The van der Waals surface area contributed by atoms with Gasteiger partial charge in [0.2, 0.25) is 11.1 Å². The van der Waals surface area contributed by atoms with Gasteiger partial charge in [-0.25, -0.2) is 9.48 Å². The second kappa shape index (κ2) is 11.6. The first-order chi connectivity index (χ1) is 17.4. The lowest BCUT2D eigenvalue weighted by molar-refractivity contribution is -0.143. The lowest BCUT2D eigenvalue weighted by Crippen LogP contribution is -2.30. The van der Waals surface area contributed by atoms with Gasteiger partial charge in [0.05, 0.1) is 11.7 Å². The molecule has 1 aromatic heterocycles. The van der Waals surface area contributed by atoms with Crippen LogP contribution in [-0.4, -0.2) is 32.6 Å². The van der Waals surface area contributed by atoms with Crippen molar-refractivity contribution in [3.05, 3.63) is 76.5 Å². The highest BCUT2D eigenvalue weighted by molar-refractivity contribution is 7.99. The van der Waals surface area contributed by atoms with Crippen molar-refractivity contribution in [2.45, 2.75) is 71.4 Å². The Morgan fingerprint density at radius 1 is 1.17 bits per heavy atom. The van der Waals surface area contributed by atoms with Crippen LogP contribution in [0.4, 0.5) is 5.95 Å². The molecule has 190 valence electrons. The van der Waals surface area contributed by atoms with E-state index in [1.54, 1.807) is 16.4 Å². The molecule has 4 rings (SSSR count). The van der Waals surface area contributed by atoms with Crippen molar-refractivity contribution >= 4 is 23.7 Å². The molecular weight excluding hydrogens is 472 g/mol. The van der Waals surface area contributed by atoms with Gasteiger partial charge in [0.25, 0.3) is 0 Å². The molecule has 1 N–H and O–H groups in total. The normalized spacial score (nSPS) is 15.0. The molecule has 36 heavy (non-hydrogen) atoms. The van der Waals surface area contributed by atoms with Crippen molar-refractivity contribution in [2.24, 2.45) is 0 Å². The number of hydrogen-bond donors (Lipinski definition) is 1. The van der Waals surface area contributed by atoms with Gasteiger partial charge in [0.15, 0.2) is 0 Å². The largest absolute Gasteiger partial charge is 0.489 e. The van der Waals surface area contributed by atoms with E-state index in [4.69, 9.17) is 19.6 Å². The van der Waals surface area contributed by atoms with Crippen molar-refractivity contribution in [2.75, 3.05) is 11.1 Å². The summed E-state index contributed by atoms with van der Waals surface area (Å²) in [6, 6.07) is 15.6. The molecule has 0 aliphatic carbocycles. The molecule has 1 atom stereocenters. The highest BCUT2D eigenvalue weighted by Crippen LogP contribution is 2.38. The van der Waals surface area contributed by atoms with Crippen molar-refractivity contribution in [1.29, 1.82) is 0 Å². The average Bonchev–Trinajstić information content (AvgIpc) is 3.24. The van der Waals surface area contributed by atoms with Gasteiger partial charge in [0.1, 0.15) is 18.4 Å². The number of aromatic nitrogens is 3. The number of fused-ring (bicyclic) bond motifs is 1. The standard InChI is InChI=1S/C28H34N4O3S/c1-6-7-15-36-28-30-27-29-20(5)24(26(33)35-18(2)3)25(32(27)31-28)22-9-8-10-23(16-22)34-17-21-13-11-19(4)12-14-21/h8-14,16,18,25H,6-7,15,17H2,1-5H3,(H,29,30,31). The first-order valence-corrected chi connectivity index (χ1v) is 13.4. The highest BCUT2D eigenvalue weighted by Gasteiger charge is 2.35. The van der Waals surface area contributed by atoms with Gasteiger partial charge in [0, 0.05) is 11.4 Å². The number of nitrogens with zero attached hydrogens (tertiary/aromatic N) is 3. The summed E-state index contributed by atoms with van der Waals surface area (Å²) in [6.45, 7) is 10.3. The molecule has 1 aliphatic heterocycles. The highest BCUT2D eigenvalue weighted by atomic mass is 32.2. The molecule has 1 aliphatic rings. The summed E-state index contributed by atoms with van der Waals surface area (Å²) < 4.78 is 13.5. The van der Waals surface area contributed by atoms with Gasteiger partial charge < -0.3 is 14.8 Å². The SMILES string of the molecule is CCCCSc1nc2n(n1)C(c1cccc(OCc3ccc(C)cc3)c1)C(C(=O)OC(C)C)=C(C)N2. The summed E-state index contributed by atoms with van der Waals surface area (Å²) in [6.07, 6.45) is 1.97. The zero-order chi connectivity index (χ0) is 25.7. The van der Waals surface area contributed by atoms with Crippen LogP contribution in [0.25, 0.3) is 0 Å². The second-order valence-electron chi connectivity index (χ2n) is 9.23. The van der Waals surface area contributed by atoms with Crippen LogP contribution in [0.15, 0.2) is 65.0 Å². The Bertz CT molecular complexity index is 1230. The van der Waals surface area contributed by atoms with Crippen LogP contribution < -0.4 is 10.1 Å². The Kier molecular flexibility index (Phi) is 8.36. The minimum atomic E-state index is -0.483. The van der Waals surface area contributed by atoms with Crippen LogP contribution in [-0.2, 0) is 16.1 Å². The molecule has 1 unspecified atom stereocenters. The molecule has 0 amide bonds. The number of allylic oxidation sites excluding steroid dienone is 1. The minimum absolute atomic E-state index is 0.236. The van der Waals surface area contributed by atoms with E-state index >= 15 is 0 Å².